The highest BCUT2D eigenvalue weighted by Gasteiger charge is 2.80. The van der Waals surface area contributed by atoms with E-state index >= 15 is 0 Å². The van der Waals surface area contributed by atoms with E-state index in [9.17, 15) is 9.59 Å². The van der Waals surface area contributed by atoms with Crippen LogP contribution in [0, 0.1) is 0 Å². The van der Waals surface area contributed by atoms with Crippen LogP contribution < -0.4 is 4.90 Å². The number of carbonyl (C=O) groups is 2. The third-order valence-corrected chi connectivity index (χ3v) is 5.33. The molecule has 2 aromatic rings. The number of rotatable bonds is 1. The van der Waals surface area contributed by atoms with Gasteiger partial charge in [-0.1, -0.05) is 48.5 Å². The number of aliphatic imine (C=N–C) groups is 1. The van der Waals surface area contributed by atoms with Crippen molar-refractivity contribution < 1.29 is 19.1 Å². The number of nitrogens with zero attached hydrogens (tertiary/aromatic N) is 2. The number of carbonyl (C=O) groups excluding carboxylic acids is 2. The van der Waals surface area contributed by atoms with E-state index in [1.165, 1.54) is 11.8 Å². The number of ether oxygens (including phenoxy) is 2. The number of amides is 2. The summed E-state index contributed by atoms with van der Waals surface area (Å²) in [5, 5.41) is 0. The van der Waals surface area contributed by atoms with E-state index in [0.29, 0.717) is 17.1 Å². The minimum atomic E-state index is -1.40. The van der Waals surface area contributed by atoms with Crippen molar-refractivity contribution in [3.8, 4) is 0 Å². The van der Waals surface area contributed by atoms with Gasteiger partial charge in [0.2, 0.25) is 17.8 Å². The number of hydrogen-bond donors (Lipinski definition) is 0. The van der Waals surface area contributed by atoms with Crippen molar-refractivity contribution in [3.63, 3.8) is 0 Å². The van der Waals surface area contributed by atoms with Gasteiger partial charge in [-0.25, -0.2) is 9.89 Å². The van der Waals surface area contributed by atoms with E-state index < -0.39 is 23.3 Å². The van der Waals surface area contributed by atoms with Gasteiger partial charge in [-0.05, 0) is 11.6 Å². The average Bonchev–Trinajstić information content (AvgIpc) is 3.05. The molecule has 3 aliphatic rings. The predicted octanol–water partition coefficient (Wildman–Crippen LogP) is 2.48. The molecule has 130 valence electrons. The normalized spacial score (nSPS) is 31.2. The van der Waals surface area contributed by atoms with Gasteiger partial charge in [0.05, 0.1) is 5.69 Å². The first-order chi connectivity index (χ1) is 12.5. The summed E-state index contributed by atoms with van der Waals surface area (Å²) >= 11 is 0. The van der Waals surface area contributed by atoms with Crippen molar-refractivity contribution in [2.45, 2.75) is 31.3 Å². The molecular formula is C20H16N2O4. The zero-order chi connectivity index (χ0) is 18.1. The van der Waals surface area contributed by atoms with Crippen molar-refractivity contribution in [1.29, 1.82) is 0 Å². The summed E-state index contributed by atoms with van der Waals surface area (Å²) in [5.74, 6) is -0.315. The largest absolute Gasteiger partial charge is 0.449 e. The van der Waals surface area contributed by atoms with E-state index in [1.807, 2.05) is 42.5 Å². The first-order valence-electron chi connectivity index (χ1n) is 8.43. The van der Waals surface area contributed by atoms with Crippen LogP contribution in [0.25, 0.3) is 0 Å². The van der Waals surface area contributed by atoms with E-state index in [0.717, 1.165) is 5.56 Å². The molecule has 3 heterocycles. The van der Waals surface area contributed by atoms with Gasteiger partial charge in [-0.2, -0.15) is 0 Å². The van der Waals surface area contributed by atoms with Crippen LogP contribution in [-0.2, 0) is 30.2 Å². The Morgan fingerprint density at radius 1 is 1.12 bits per heavy atom. The topological polar surface area (TPSA) is 68.2 Å². The van der Waals surface area contributed by atoms with E-state index in [1.54, 1.807) is 19.1 Å². The first kappa shape index (κ1) is 15.3. The van der Waals surface area contributed by atoms with E-state index in [-0.39, 0.29) is 5.91 Å². The molecule has 26 heavy (non-hydrogen) atoms. The number of fused-ring (bicyclic) bond motifs is 4. The van der Waals surface area contributed by atoms with E-state index in [2.05, 4.69) is 0 Å². The minimum Gasteiger partial charge on any atom is -0.449 e. The van der Waals surface area contributed by atoms with Gasteiger partial charge in [-0.3, -0.25) is 9.59 Å². The van der Waals surface area contributed by atoms with E-state index in [4.69, 9.17) is 14.5 Å². The maximum absolute atomic E-state index is 13.5. The molecular weight excluding hydrogens is 332 g/mol. The highest BCUT2D eigenvalue weighted by atomic mass is 16.7. The third kappa shape index (κ3) is 1.50. The van der Waals surface area contributed by atoms with Crippen LogP contribution in [0.4, 0.5) is 5.69 Å². The standard InChI is InChI=1S/C20H16N2O4/c1-12-21-19(14-8-4-3-5-9-14)18(25-12)26-20(19)15-10-6-7-11-16(15)22(13(2)23)17(20)24/h3-11,18H,1-2H3/t18?,19-,20+/m0/s1. The minimum absolute atomic E-state index is 0.353. The van der Waals surface area contributed by atoms with Crippen molar-refractivity contribution >= 4 is 23.4 Å². The predicted molar refractivity (Wildman–Crippen MR) is 93.5 cm³/mol. The van der Waals surface area contributed by atoms with Crippen LogP contribution in [0.5, 0.6) is 0 Å². The molecule has 6 nitrogen and oxygen atoms in total. The second-order valence-electron chi connectivity index (χ2n) is 6.69. The SMILES string of the molecule is CC(=O)N1C(=O)[C@]2(OC3OC(C)=N[C@@]32c2ccccc2)c2ccccc21. The summed E-state index contributed by atoms with van der Waals surface area (Å²) in [6.07, 6.45) is -0.700. The maximum atomic E-state index is 13.5. The van der Waals surface area contributed by atoms with Crippen molar-refractivity contribution in [1.82, 2.24) is 0 Å². The van der Waals surface area contributed by atoms with Crippen LogP contribution in [-0.4, -0.2) is 24.0 Å². The smallest absolute Gasteiger partial charge is 0.274 e. The van der Waals surface area contributed by atoms with Gasteiger partial charge in [0.15, 0.2) is 11.4 Å². The number of para-hydroxylation sites is 1. The second kappa shape index (κ2) is 4.80. The van der Waals surface area contributed by atoms with Gasteiger partial charge in [0.1, 0.15) is 0 Å². The highest BCUT2D eigenvalue weighted by molar-refractivity contribution is 6.23. The Hall–Kier alpha value is -2.99. The van der Waals surface area contributed by atoms with Gasteiger partial charge < -0.3 is 9.47 Å². The quantitative estimate of drug-likeness (QED) is 0.794. The maximum Gasteiger partial charge on any atom is 0.274 e. The molecule has 0 bridgehead atoms. The van der Waals surface area contributed by atoms with Gasteiger partial charge in [-0.15, -0.1) is 0 Å². The average molecular weight is 348 g/mol. The molecule has 1 spiro atoms. The third-order valence-electron chi connectivity index (χ3n) is 5.33. The van der Waals surface area contributed by atoms with Crippen molar-refractivity contribution in [2.24, 2.45) is 4.99 Å². The molecule has 5 rings (SSSR count). The fourth-order valence-electron chi connectivity index (χ4n) is 4.35. The summed E-state index contributed by atoms with van der Waals surface area (Å²) < 4.78 is 11.8. The zero-order valence-corrected chi connectivity index (χ0v) is 14.3. The first-order valence-corrected chi connectivity index (χ1v) is 8.43. The lowest BCUT2D eigenvalue weighted by Gasteiger charge is -2.54. The van der Waals surface area contributed by atoms with Gasteiger partial charge in [0.25, 0.3) is 5.91 Å². The Kier molecular flexibility index (Phi) is 2.82. The second-order valence-corrected chi connectivity index (χ2v) is 6.69. The summed E-state index contributed by atoms with van der Waals surface area (Å²) in [6, 6.07) is 16.7. The lowest BCUT2D eigenvalue weighted by Crippen LogP contribution is -2.71. The molecule has 3 atom stereocenters. The van der Waals surface area contributed by atoms with Gasteiger partial charge in [0, 0.05) is 19.4 Å². The van der Waals surface area contributed by atoms with Crippen LogP contribution in [0.15, 0.2) is 59.6 Å². The number of anilines is 1. The summed E-state index contributed by atoms with van der Waals surface area (Å²) in [4.78, 5) is 31.6. The Balaban J connectivity index is 1.82. The lowest BCUT2D eigenvalue weighted by molar-refractivity contribution is -0.323. The summed E-state index contributed by atoms with van der Waals surface area (Å²) in [7, 11) is 0. The Labute approximate surface area is 150 Å². The molecule has 1 saturated heterocycles. The molecule has 2 aromatic carbocycles. The lowest BCUT2D eigenvalue weighted by atomic mass is 9.66. The Bertz CT molecular complexity index is 986. The highest BCUT2D eigenvalue weighted by Crippen LogP contribution is 2.65. The van der Waals surface area contributed by atoms with Crippen LogP contribution in [0.3, 0.4) is 0 Å². The fraction of sp³-hybridized carbons (Fsp3) is 0.250. The molecule has 3 aliphatic heterocycles. The molecule has 1 unspecified atom stereocenters. The summed E-state index contributed by atoms with van der Waals surface area (Å²) in [5.41, 5.74) is -0.447. The van der Waals surface area contributed by atoms with Crippen LogP contribution in [0.1, 0.15) is 25.0 Å². The number of benzene rings is 2. The van der Waals surface area contributed by atoms with Crippen molar-refractivity contribution in [2.75, 3.05) is 4.90 Å². The molecule has 0 aliphatic carbocycles. The molecule has 6 heteroatoms. The Morgan fingerprint density at radius 3 is 2.50 bits per heavy atom. The fourth-order valence-corrected chi connectivity index (χ4v) is 4.35. The molecule has 0 saturated carbocycles. The van der Waals surface area contributed by atoms with Gasteiger partial charge >= 0.3 is 0 Å². The molecule has 0 radical (unpaired) electrons. The Morgan fingerprint density at radius 2 is 1.81 bits per heavy atom. The number of hydrogen-bond acceptors (Lipinski definition) is 5. The monoisotopic (exact) mass is 348 g/mol. The molecule has 0 N–H and O–H groups in total. The molecule has 0 aromatic heterocycles. The van der Waals surface area contributed by atoms with Crippen LogP contribution in [0.2, 0.25) is 0 Å². The van der Waals surface area contributed by atoms with Crippen LogP contribution >= 0.6 is 0 Å². The zero-order valence-electron chi connectivity index (χ0n) is 14.3. The molecule has 2 amide bonds. The van der Waals surface area contributed by atoms with Crippen molar-refractivity contribution in [3.05, 3.63) is 65.7 Å². The summed E-state index contributed by atoms with van der Waals surface area (Å²) in [6.45, 7) is 3.12. The number of imide groups is 1. The molecule has 1 fully saturated rings.